The molecule has 0 spiro atoms. The molecule has 1 aliphatic rings. The molecule has 1 aliphatic carbocycles. The maximum Gasteiger partial charge on any atom is 0.336 e. The van der Waals surface area contributed by atoms with Crippen molar-refractivity contribution in [2.24, 2.45) is 5.84 Å². The van der Waals surface area contributed by atoms with E-state index in [0.717, 1.165) is 22.3 Å². The number of ether oxygens (including phenoxy) is 1. The van der Waals surface area contributed by atoms with Gasteiger partial charge in [-0.05, 0) is 22.3 Å². The molecule has 118 valence electrons. The fraction of sp³-hybridized carbons (Fsp3) is 0.176. The number of aliphatic carboxylic acids is 1. The van der Waals surface area contributed by atoms with E-state index >= 15 is 0 Å². The molecule has 0 aromatic heterocycles. The molecule has 4 N–H and O–H groups in total. The molecule has 2 aromatic rings. The second-order valence-corrected chi connectivity index (χ2v) is 5.30. The molecule has 23 heavy (non-hydrogen) atoms. The highest BCUT2D eigenvalue weighted by Gasteiger charge is 2.31. The molecule has 2 aromatic carbocycles. The van der Waals surface area contributed by atoms with Crippen molar-refractivity contribution in [1.82, 2.24) is 5.43 Å². The first kappa shape index (κ1) is 15.2. The number of carboxylic acids is 1. The van der Waals surface area contributed by atoms with Gasteiger partial charge in [0.15, 0.2) is 0 Å². The summed E-state index contributed by atoms with van der Waals surface area (Å²) in [5.41, 5.74) is 6.28. The topological polar surface area (TPSA) is 102 Å². The molecular weight excluding hydrogens is 296 g/mol. The maximum atomic E-state index is 11.9. The Bertz CT molecular complexity index is 714. The first-order chi connectivity index (χ1) is 11.1. The van der Waals surface area contributed by atoms with E-state index < -0.39 is 18.0 Å². The van der Waals surface area contributed by atoms with E-state index in [1.807, 2.05) is 54.0 Å². The first-order valence-corrected chi connectivity index (χ1v) is 7.17. The van der Waals surface area contributed by atoms with Gasteiger partial charge < -0.3 is 9.84 Å². The lowest BCUT2D eigenvalue weighted by atomic mass is 9.98. The number of esters is 1. The summed E-state index contributed by atoms with van der Waals surface area (Å²) in [4.78, 5) is 22.8. The monoisotopic (exact) mass is 312 g/mol. The van der Waals surface area contributed by atoms with Gasteiger partial charge in [0.1, 0.15) is 6.61 Å². The number of benzene rings is 2. The SMILES string of the molecule is NNC(C(=O)O)C(=O)OCC1c2ccccc2-c2ccccc21. The normalized spacial score (nSPS) is 14.0. The zero-order valence-corrected chi connectivity index (χ0v) is 12.2. The second-order valence-electron chi connectivity index (χ2n) is 5.30. The number of nitrogens with two attached hydrogens (primary N) is 1. The van der Waals surface area contributed by atoms with Gasteiger partial charge in [0.05, 0.1) is 0 Å². The van der Waals surface area contributed by atoms with Gasteiger partial charge in [-0.3, -0.25) is 5.84 Å². The van der Waals surface area contributed by atoms with Crippen LogP contribution in [0.3, 0.4) is 0 Å². The Labute approximate surface area is 132 Å². The first-order valence-electron chi connectivity index (χ1n) is 7.17. The second kappa shape index (κ2) is 6.20. The number of hydrogen-bond donors (Lipinski definition) is 3. The smallest absolute Gasteiger partial charge is 0.336 e. The molecule has 0 fully saturated rings. The third-order valence-electron chi connectivity index (χ3n) is 4.00. The lowest BCUT2D eigenvalue weighted by Gasteiger charge is -2.16. The molecule has 0 saturated heterocycles. The van der Waals surface area contributed by atoms with Crippen LogP contribution in [0.5, 0.6) is 0 Å². The Kier molecular flexibility index (Phi) is 4.10. The van der Waals surface area contributed by atoms with Crippen molar-refractivity contribution in [2.75, 3.05) is 6.61 Å². The lowest BCUT2D eigenvalue weighted by Crippen LogP contribution is -2.48. The Balaban J connectivity index is 1.84. The van der Waals surface area contributed by atoms with Gasteiger partial charge in [-0.2, -0.15) is 0 Å². The molecule has 0 radical (unpaired) electrons. The van der Waals surface area contributed by atoms with Crippen LogP contribution in [0.1, 0.15) is 17.0 Å². The minimum atomic E-state index is -1.57. The molecule has 0 amide bonds. The van der Waals surface area contributed by atoms with Gasteiger partial charge >= 0.3 is 11.9 Å². The summed E-state index contributed by atoms with van der Waals surface area (Å²) in [6.07, 6.45) is 0. The summed E-state index contributed by atoms with van der Waals surface area (Å²) >= 11 is 0. The van der Waals surface area contributed by atoms with E-state index in [2.05, 4.69) is 0 Å². The van der Waals surface area contributed by atoms with Gasteiger partial charge in [-0.1, -0.05) is 48.5 Å². The highest BCUT2D eigenvalue weighted by molar-refractivity contribution is 5.98. The van der Waals surface area contributed by atoms with E-state index in [-0.39, 0.29) is 12.5 Å². The molecule has 0 aliphatic heterocycles. The highest BCUT2D eigenvalue weighted by atomic mass is 16.5. The molecule has 6 heteroatoms. The molecular formula is C17H16N2O4. The van der Waals surface area contributed by atoms with Gasteiger partial charge in [0.25, 0.3) is 0 Å². The molecule has 6 nitrogen and oxygen atoms in total. The van der Waals surface area contributed by atoms with Gasteiger partial charge in [0, 0.05) is 5.92 Å². The number of fused-ring (bicyclic) bond motifs is 3. The van der Waals surface area contributed by atoms with Gasteiger partial charge in [-0.25, -0.2) is 15.0 Å². The highest BCUT2D eigenvalue weighted by Crippen LogP contribution is 2.44. The van der Waals surface area contributed by atoms with Crippen molar-refractivity contribution in [3.05, 3.63) is 59.7 Å². The standard InChI is InChI=1S/C17H16N2O4/c18-19-15(16(20)21)17(22)23-9-14-12-7-3-1-5-10(12)11-6-2-4-8-13(11)14/h1-8,14-15,19H,9,18H2,(H,20,21). The van der Waals surface area contributed by atoms with Gasteiger partial charge in [0.2, 0.25) is 6.04 Å². The largest absolute Gasteiger partial charge is 0.480 e. The number of nitrogens with one attached hydrogen (secondary N) is 1. The van der Waals surface area contributed by atoms with E-state index in [9.17, 15) is 9.59 Å². The van der Waals surface area contributed by atoms with Crippen molar-refractivity contribution in [3.63, 3.8) is 0 Å². The van der Waals surface area contributed by atoms with Crippen LogP contribution in [0.4, 0.5) is 0 Å². The maximum absolute atomic E-state index is 11.9. The van der Waals surface area contributed by atoms with Crippen LogP contribution in [-0.2, 0) is 14.3 Å². The zero-order chi connectivity index (χ0) is 16.4. The predicted octanol–water partition coefficient (Wildman–Crippen LogP) is 1.26. The third-order valence-corrected chi connectivity index (χ3v) is 4.00. The lowest BCUT2D eigenvalue weighted by molar-refractivity contribution is -0.155. The third kappa shape index (κ3) is 2.69. The number of carbonyl (C=O) groups is 2. The molecule has 0 bridgehead atoms. The quantitative estimate of drug-likeness (QED) is 0.332. The van der Waals surface area contributed by atoms with Crippen molar-refractivity contribution < 1.29 is 19.4 Å². The van der Waals surface area contributed by atoms with E-state index in [4.69, 9.17) is 15.7 Å². The Morgan fingerprint density at radius 1 is 1.09 bits per heavy atom. The van der Waals surface area contributed by atoms with E-state index in [1.54, 1.807) is 0 Å². The van der Waals surface area contributed by atoms with Crippen molar-refractivity contribution in [2.45, 2.75) is 12.0 Å². The van der Waals surface area contributed by atoms with Crippen molar-refractivity contribution in [3.8, 4) is 11.1 Å². The summed E-state index contributed by atoms with van der Waals surface area (Å²) in [5.74, 6) is 2.70. The van der Waals surface area contributed by atoms with Crippen LogP contribution < -0.4 is 11.3 Å². The van der Waals surface area contributed by atoms with Crippen molar-refractivity contribution in [1.29, 1.82) is 0 Å². The minimum absolute atomic E-state index is 0.0678. The fourth-order valence-electron chi connectivity index (χ4n) is 2.93. The number of carbonyl (C=O) groups excluding carboxylic acids is 1. The summed E-state index contributed by atoms with van der Waals surface area (Å²) < 4.78 is 5.19. The van der Waals surface area contributed by atoms with Crippen molar-refractivity contribution >= 4 is 11.9 Å². The minimum Gasteiger partial charge on any atom is -0.480 e. The summed E-state index contributed by atoms with van der Waals surface area (Å²) in [6, 6.07) is 14.2. The molecule has 1 unspecified atom stereocenters. The number of hydrazine groups is 1. The zero-order valence-electron chi connectivity index (χ0n) is 12.2. The number of carboxylic acid groups (broad SMARTS) is 1. The summed E-state index contributed by atoms with van der Waals surface area (Å²) in [7, 11) is 0. The Morgan fingerprint density at radius 2 is 1.61 bits per heavy atom. The molecule has 0 saturated carbocycles. The van der Waals surface area contributed by atoms with Crippen LogP contribution in [0.2, 0.25) is 0 Å². The van der Waals surface area contributed by atoms with Crippen LogP contribution in [-0.4, -0.2) is 29.7 Å². The Hall–Kier alpha value is -2.70. The van der Waals surface area contributed by atoms with E-state index in [1.165, 1.54) is 0 Å². The molecule has 1 atom stereocenters. The predicted molar refractivity (Wildman–Crippen MR) is 83.4 cm³/mol. The summed E-state index contributed by atoms with van der Waals surface area (Å²) in [6.45, 7) is 0.0678. The average molecular weight is 312 g/mol. The van der Waals surface area contributed by atoms with Crippen LogP contribution in [0.25, 0.3) is 11.1 Å². The number of hydrogen-bond acceptors (Lipinski definition) is 5. The Morgan fingerprint density at radius 3 is 2.09 bits per heavy atom. The number of rotatable bonds is 5. The van der Waals surface area contributed by atoms with Crippen LogP contribution in [0.15, 0.2) is 48.5 Å². The molecule has 0 heterocycles. The fourth-order valence-corrected chi connectivity index (χ4v) is 2.93. The molecule has 3 rings (SSSR count). The average Bonchev–Trinajstić information content (AvgIpc) is 2.87. The van der Waals surface area contributed by atoms with Crippen LogP contribution in [0, 0.1) is 0 Å². The van der Waals surface area contributed by atoms with Crippen LogP contribution >= 0.6 is 0 Å². The van der Waals surface area contributed by atoms with Gasteiger partial charge in [-0.15, -0.1) is 0 Å². The summed E-state index contributed by atoms with van der Waals surface area (Å²) in [5, 5.41) is 8.91. The van der Waals surface area contributed by atoms with E-state index in [0.29, 0.717) is 0 Å².